The number of hydrogen-bond acceptors (Lipinski definition) is 3. The van der Waals surface area contributed by atoms with E-state index >= 15 is 0 Å². The minimum atomic E-state index is -0.0774. The van der Waals surface area contributed by atoms with E-state index in [1.165, 1.54) is 11.3 Å². The fourth-order valence-corrected chi connectivity index (χ4v) is 3.34. The summed E-state index contributed by atoms with van der Waals surface area (Å²) in [4.78, 5) is 19.0. The maximum absolute atomic E-state index is 12.8. The Labute approximate surface area is 141 Å². The van der Waals surface area contributed by atoms with Gasteiger partial charge in [0.2, 0.25) is 0 Å². The average molecular weight is 373 g/mol. The largest absolute Gasteiger partial charge is 0.280 e. The molecule has 0 atom stereocenters. The van der Waals surface area contributed by atoms with Gasteiger partial charge in [-0.15, -0.1) is 6.58 Å². The predicted molar refractivity (Wildman–Crippen MR) is 95.6 cm³/mol. The number of nitrogens with zero attached hydrogens (tertiary/aromatic N) is 2. The number of aromatic nitrogens is 1. The summed E-state index contributed by atoms with van der Waals surface area (Å²) in [6.07, 6.45) is 1.71. The lowest BCUT2D eigenvalue weighted by Crippen LogP contribution is -2.30. The minimum Gasteiger partial charge on any atom is -0.280 e. The Morgan fingerprint density at radius 2 is 1.95 bits per heavy atom. The zero-order chi connectivity index (χ0) is 15.5. The molecule has 110 valence electrons. The highest BCUT2D eigenvalue weighted by Gasteiger charge is 2.19. The average Bonchev–Trinajstić information content (AvgIpc) is 2.96. The number of rotatable bonds is 4. The Bertz CT molecular complexity index is 793. The highest BCUT2D eigenvalue weighted by Crippen LogP contribution is 2.29. The van der Waals surface area contributed by atoms with Crippen molar-refractivity contribution in [3.63, 3.8) is 0 Å². The van der Waals surface area contributed by atoms with E-state index in [1.807, 2.05) is 36.4 Å². The Morgan fingerprint density at radius 3 is 2.64 bits per heavy atom. The Morgan fingerprint density at radius 1 is 1.23 bits per heavy atom. The number of halogens is 1. The molecule has 0 radical (unpaired) electrons. The molecular formula is C17H13BrN2OS. The Kier molecular flexibility index (Phi) is 4.36. The first kappa shape index (κ1) is 14.9. The molecule has 3 rings (SSSR count). The first-order valence-electron chi connectivity index (χ1n) is 6.73. The zero-order valence-electron chi connectivity index (χ0n) is 11.7. The van der Waals surface area contributed by atoms with Crippen molar-refractivity contribution < 1.29 is 4.79 Å². The first-order chi connectivity index (χ1) is 10.7. The van der Waals surface area contributed by atoms with Crippen molar-refractivity contribution in [1.82, 2.24) is 4.98 Å². The number of anilines is 1. The molecule has 0 aliphatic carbocycles. The van der Waals surface area contributed by atoms with Crippen molar-refractivity contribution >= 4 is 48.5 Å². The van der Waals surface area contributed by atoms with Gasteiger partial charge in [0.15, 0.2) is 5.13 Å². The maximum Gasteiger partial charge on any atom is 0.260 e. The summed E-state index contributed by atoms with van der Waals surface area (Å²) >= 11 is 4.89. The number of benzene rings is 2. The third-order valence-corrected chi connectivity index (χ3v) is 4.75. The number of carbonyl (C=O) groups is 1. The van der Waals surface area contributed by atoms with Gasteiger partial charge in [-0.05, 0) is 36.4 Å². The van der Waals surface area contributed by atoms with E-state index in [-0.39, 0.29) is 5.91 Å². The molecule has 22 heavy (non-hydrogen) atoms. The number of thiazole rings is 1. The molecule has 0 fully saturated rings. The molecule has 0 bridgehead atoms. The van der Waals surface area contributed by atoms with Gasteiger partial charge < -0.3 is 0 Å². The molecular weight excluding hydrogens is 360 g/mol. The molecule has 3 aromatic rings. The van der Waals surface area contributed by atoms with Gasteiger partial charge in [-0.25, -0.2) is 4.98 Å². The lowest BCUT2D eigenvalue weighted by Gasteiger charge is -2.18. The molecule has 0 aliphatic rings. The first-order valence-corrected chi connectivity index (χ1v) is 8.34. The number of hydrogen-bond donors (Lipinski definition) is 0. The molecule has 2 aromatic carbocycles. The van der Waals surface area contributed by atoms with Crippen molar-refractivity contribution in [3.05, 3.63) is 71.2 Å². The van der Waals surface area contributed by atoms with Crippen molar-refractivity contribution in [3.8, 4) is 0 Å². The van der Waals surface area contributed by atoms with Crippen molar-refractivity contribution in [2.24, 2.45) is 0 Å². The van der Waals surface area contributed by atoms with E-state index < -0.39 is 0 Å². The molecule has 0 saturated carbocycles. The monoisotopic (exact) mass is 372 g/mol. The van der Waals surface area contributed by atoms with Crippen LogP contribution in [0.3, 0.4) is 0 Å². The van der Waals surface area contributed by atoms with Crippen LogP contribution in [0.15, 0.2) is 65.7 Å². The second-order valence-corrected chi connectivity index (χ2v) is 6.60. The highest BCUT2D eigenvalue weighted by molar-refractivity contribution is 9.10. The summed E-state index contributed by atoms with van der Waals surface area (Å²) < 4.78 is 2.01. The zero-order valence-corrected chi connectivity index (χ0v) is 14.1. The summed E-state index contributed by atoms with van der Waals surface area (Å²) in [5.41, 5.74) is 1.53. The van der Waals surface area contributed by atoms with Crippen LogP contribution in [0, 0.1) is 0 Å². The normalized spacial score (nSPS) is 10.6. The Hall–Kier alpha value is -1.98. The third-order valence-electron chi connectivity index (χ3n) is 3.16. The van der Waals surface area contributed by atoms with Gasteiger partial charge in [0, 0.05) is 16.6 Å². The molecule has 5 heteroatoms. The van der Waals surface area contributed by atoms with Gasteiger partial charge >= 0.3 is 0 Å². The summed E-state index contributed by atoms with van der Waals surface area (Å²) in [6, 6.07) is 15.2. The van der Waals surface area contributed by atoms with Crippen molar-refractivity contribution in [2.75, 3.05) is 11.4 Å². The van der Waals surface area contributed by atoms with Crippen LogP contribution in [0.5, 0.6) is 0 Å². The highest BCUT2D eigenvalue weighted by atomic mass is 79.9. The van der Waals surface area contributed by atoms with Crippen molar-refractivity contribution in [2.45, 2.75) is 0 Å². The fraction of sp³-hybridized carbons (Fsp3) is 0.0588. The van der Waals surface area contributed by atoms with E-state index in [1.54, 1.807) is 23.1 Å². The maximum atomic E-state index is 12.8. The van der Waals surface area contributed by atoms with Crippen LogP contribution >= 0.6 is 27.3 Å². The molecule has 0 N–H and O–H groups in total. The molecule has 1 amide bonds. The molecule has 0 saturated heterocycles. The van der Waals surface area contributed by atoms with E-state index in [4.69, 9.17) is 0 Å². The second kappa shape index (κ2) is 6.42. The Balaban J connectivity index is 1.99. The van der Waals surface area contributed by atoms with Gasteiger partial charge in [-0.2, -0.15) is 0 Å². The summed E-state index contributed by atoms with van der Waals surface area (Å²) in [6.45, 7) is 4.17. The lowest BCUT2D eigenvalue weighted by molar-refractivity contribution is 0.0989. The van der Waals surface area contributed by atoms with Crippen LogP contribution in [-0.2, 0) is 0 Å². The van der Waals surface area contributed by atoms with E-state index in [9.17, 15) is 4.79 Å². The molecule has 1 heterocycles. The lowest BCUT2D eigenvalue weighted by atomic mass is 10.2. The molecule has 3 nitrogen and oxygen atoms in total. The van der Waals surface area contributed by atoms with Gasteiger partial charge in [-0.3, -0.25) is 9.69 Å². The molecule has 1 aromatic heterocycles. The molecule has 0 spiro atoms. The quantitative estimate of drug-likeness (QED) is 0.610. The topological polar surface area (TPSA) is 33.2 Å². The van der Waals surface area contributed by atoms with E-state index in [0.717, 1.165) is 14.7 Å². The number of para-hydroxylation sites is 1. The molecule has 0 unspecified atom stereocenters. The fourth-order valence-electron chi connectivity index (χ4n) is 2.10. The third kappa shape index (κ3) is 2.96. The van der Waals surface area contributed by atoms with Crippen LogP contribution in [0.4, 0.5) is 5.13 Å². The summed E-state index contributed by atoms with van der Waals surface area (Å²) in [7, 11) is 0. The van der Waals surface area contributed by atoms with Crippen LogP contribution in [0.1, 0.15) is 10.4 Å². The standard InChI is InChI=1S/C17H13BrN2OS/c1-2-11-20(16(21)12-7-9-13(18)10-8-12)17-19-14-5-3-4-6-15(14)22-17/h2-10H,1,11H2. The number of amides is 1. The summed E-state index contributed by atoms with van der Waals surface area (Å²) in [5, 5.41) is 0.689. The number of carbonyl (C=O) groups excluding carboxylic acids is 1. The number of fused-ring (bicyclic) bond motifs is 1. The smallest absolute Gasteiger partial charge is 0.260 e. The van der Waals surface area contributed by atoms with Crippen LogP contribution in [0.2, 0.25) is 0 Å². The van der Waals surface area contributed by atoms with Crippen LogP contribution in [-0.4, -0.2) is 17.4 Å². The van der Waals surface area contributed by atoms with Crippen LogP contribution in [0.25, 0.3) is 10.2 Å². The predicted octanol–water partition coefficient (Wildman–Crippen LogP) is 4.89. The van der Waals surface area contributed by atoms with Gasteiger partial charge in [-0.1, -0.05) is 45.5 Å². The minimum absolute atomic E-state index is 0.0774. The van der Waals surface area contributed by atoms with Crippen LogP contribution < -0.4 is 4.90 Å². The SMILES string of the molecule is C=CCN(C(=O)c1ccc(Br)cc1)c1nc2ccccc2s1. The van der Waals surface area contributed by atoms with Gasteiger partial charge in [0.05, 0.1) is 10.2 Å². The van der Waals surface area contributed by atoms with E-state index in [2.05, 4.69) is 27.5 Å². The molecule has 0 aliphatic heterocycles. The van der Waals surface area contributed by atoms with Gasteiger partial charge in [0.1, 0.15) is 0 Å². The van der Waals surface area contributed by atoms with Gasteiger partial charge in [0.25, 0.3) is 5.91 Å². The summed E-state index contributed by atoms with van der Waals surface area (Å²) in [5.74, 6) is -0.0774. The van der Waals surface area contributed by atoms with E-state index in [0.29, 0.717) is 17.2 Å². The second-order valence-electron chi connectivity index (χ2n) is 4.68. The van der Waals surface area contributed by atoms with Crippen molar-refractivity contribution in [1.29, 1.82) is 0 Å².